The number of hydrogen-bond acceptors (Lipinski definition) is 14. The Bertz CT molecular complexity index is 3420. The van der Waals surface area contributed by atoms with Gasteiger partial charge in [-0.05, 0) is 197 Å². The largest absolute Gasteiger partial charge is 0.507 e. The monoisotopic (exact) mass is 1240 g/mol. The fourth-order valence-electron chi connectivity index (χ4n) is 20.2. The summed E-state index contributed by atoms with van der Waals surface area (Å²) >= 11 is 0. The lowest BCUT2D eigenvalue weighted by Crippen LogP contribution is -2.71. The molecule has 7 fully saturated rings. The number of ether oxygens (including phenoxy) is 3. The number of carbonyl (C=O) groups excluding carboxylic acids is 3. The predicted octanol–water partition coefficient (Wildman–Crippen LogP) is 10.6. The summed E-state index contributed by atoms with van der Waals surface area (Å²) in [5, 5.41) is 84.6. The molecule has 0 aromatic heterocycles. The van der Waals surface area contributed by atoms with Gasteiger partial charge in [0.15, 0.2) is 0 Å². The number of aliphatic hydroxyl groups is 5. The third-order valence-electron chi connectivity index (χ3n) is 24.9. The minimum Gasteiger partial charge on any atom is -0.507 e. The van der Waals surface area contributed by atoms with Crippen LogP contribution in [0.1, 0.15) is 217 Å². The Hall–Kier alpha value is -5.55. The van der Waals surface area contributed by atoms with Crippen LogP contribution in [-0.2, 0) is 42.1 Å². The zero-order valence-electron chi connectivity index (χ0n) is 53.4. The van der Waals surface area contributed by atoms with Crippen LogP contribution < -0.4 is 15.4 Å². The van der Waals surface area contributed by atoms with E-state index in [-0.39, 0.29) is 103 Å². The number of anilines is 1. The second-order valence-corrected chi connectivity index (χ2v) is 30.3. The Morgan fingerprint density at radius 2 is 1.49 bits per heavy atom. The Balaban J connectivity index is 0.998. The lowest BCUT2D eigenvalue weighted by atomic mass is 9.40. The highest BCUT2D eigenvalue weighted by Crippen LogP contribution is 2.66. The molecule has 0 radical (unpaired) electrons. The zero-order chi connectivity index (χ0) is 62.9. The summed E-state index contributed by atoms with van der Waals surface area (Å²) in [6.45, 7) is 1.78. The van der Waals surface area contributed by atoms with Crippen LogP contribution in [0.4, 0.5) is 5.69 Å². The Morgan fingerprint density at radius 1 is 0.736 bits per heavy atom. The first kappa shape index (κ1) is 62.9. The van der Waals surface area contributed by atoms with Gasteiger partial charge in [-0.15, -0.1) is 0 Å². The van der Waals surface area contributed by atoms with Gasteiger partial charge in [0.05, 0.1) is 43.2 Å². The van der Waals surface area contributed by atoms with Crippen molar-refractivity contribution in [2.24, 2.45) is 53.3 Å². The number of aliphatic hydroxyl groups excluding tert-OH is 3. The van der Waals surface area contributed by atoms with Crippen LogP contribution in [0.5, 0.6) is 11.5 Å². The van der Waals surface area contributed by atoms with Gasteiger partial charge in [-0.2, -0.15) is 0 Å². The van der Waals surface area contributed by atoms with Crippen molar-refractivity contribution >= 4 is 23.4 Å². The van der Waals surface area contributed by atoms with E-state index in [0.29, 0.717) is 71.5 Å². The highest BCUT2D eigenvalue weighted by Gasteiger charge is 2.69. The lowest BCUT2D eigenvalue weighted by molar-refractivity contribution is -0.265. The molecule has 5 aliphatic heterocycles. The van der Waals surface area contributed by atoms with E-state index in [9.17, 15) is 35.4 Å². The van der Waals surface area contributed by atoms with E-state index in [1.807, 2.05) is 31.3 Å². The maximum absolute atomic E-state index is 16.6. The van der Waals surface area contributed by atoms with Crippen LogP contribution in [0.2, 0.25) is 0 Å². The quantitative estimate of drug-likeness (QED) is 0.0692. The van der Waals surface area contributed by atoms with Crippen LogP contribution >= 0.6 is 0 Å². The first-order valence-electron chi connectivity index (χ1n) is 35.3. The smallest absolute Gasteiger partial charge is 0.334 e. The van der Waals surface area contributed by atoms with E-state index in [1.165, 1.54) is 0 Å². The van der Waals surface area contributed by atoms with Crippen LogP contribution in [0.15, 0.2) is 60.2 Å². The molecular weight excluding hydrogens is 1140 g/mol. The molecule has 16 bridgehead atoms. The molecule has 91 heavy (non-hydrogen) atoms. The summed E-state index contributed by atoms with van der Waals surface area (Å²) < 4.78 is 19.9. The lowest BCUT2D eigenvalue weighted by Gasteiger charge is -2.66. The molecule has 1 spiro atoms. The van der Waals surface area contributed by atoms with E-state index >= 15 is 9.59 Å². The molecule has 486 valence electrons. The van der Waals surface area contributed by atoms with Gasteiger partial charge in [0.1, 0.15) is 40.7 Å². The third kappa shape index (κ3) is 11.8. The maximum Gasteiger partial charge on any atom is 0.334 e. The number of phenols is 1. The molecule has 14 heteroatoms. The number of fused-ring (bicyclic) bond motifs is 20. The molecule has 0 amide bonds. The van der Waals surface area contributed by atoms with Crippen LogP contribution in [0.25, 0.3) is 0 Å². The average molecular weight is 1240 g/mol. The van der Waals surface area contributed by atoms with Crippen molar-refractivity contribution in [3.05, 3.63) is 99.1 Å². The first-order valence-corrected chi connectivity index (χ1v) is 35.3. The minimum absolute atomic E-state index is 0.0123. The van der Waals surface area contributed by atoms with Gasteiger partial charge < -0.3 is 55.5 Å². The number of benzene rings is 3. The number of ketones is 1. The number of hydrogen-bond donors (Lipinski definition) is 8. The van der Waals surface area contributed by atoms with Crippen molar-refractivity contribution in [3.8, 4) is 35.2 Å². The summed E-state index contributed by atoms with van der Waals surface area (Å²) in [5.74, 6) is 10.3. The first-order chi connectivity index (χ1) is 44.0. The molecular formula is C77H96N2O12. The number of aromatic hydroxyl groups is 1. The fourth-order valence-corrected chi connectivity index (χ4v) is 20.2. The number of Topliss-reactive ketones (excluding diaryl/α,β-unsaturated/α-hetero) is 1. The SMILES string of the molecule is CNCC1C#CC2CCC(CC2)OCC(O)C(C)(O)CNc2cc(C3C#CC4CC(=O)Oc5c4cc(c(O)c5C4CCCCC4)CC4OC(=O)C(=CC(O)C5(CCCCC5)c5cccc(c5)CC5C(=O)CC6CCC7C8CCCCC8C4(O)C6C57)C3)cc(c2)C1O. The number of phenolic OH excluding ortho intramolecular Hbond substituents is 1. The summed E-state index contributed by atoms with van der Waals surface area (Å²) in [5.41, 5.74) is 1.36. The van der Waals surface area contributed by atoms with Crippen LogP contribution in [0.3, 0.4) is 0 Å². The number of rotatable bonds is 4. The molecule has 0 saturated heterocycles. The van der Waals surface area contributed by atoms with Gasteiger partial charge >= 0.3 is 11.9 Å². The van der Waals surface area contributed by atoms with Crippen molar-refractivity contribution in [2.75, 3.05) is 32.1 Å². The van der Waals surface area contributed by atoms with Gasteiger partial charge in [0.25, 0.3) is 0 Å². The summed E-state index contributed by atoms with van der Waals surface area (Å²) in [6, 6.07) is 16.1. The zero-order valence-corrected chi connectivity index (χ0v) is 53.4. The highest BCUT2D eigenvalue weighted by atomic mass is 16.6. The summed E-state index contributed by atoms with van der Waals surface area (Å²) in [6.07, 6.45) is 14.3. The van der Waals surface area contributed by atoms with Gasteiger partial charge in [0.2, 0.25) is 0 Å². The maximum atomic E-state index is 16.6. The van der Waals surface area contributed by atoms with Crippen molar-refractivity contribution in [2.45, 2.75) is 232 Å². The summed E-state index contributed by atoms with van der Waals surface area (Å²) in [4.78, 5) is 46.0. The van der Waals surface area contributed by atoms with Crippen molar-refractivity contribution in [1.82, 2.24) is 5.32 Å². The van der Waals surface area contributed by atoms with Gasteiger partial charge in [-0.25, -0.2) is 4.79 Å². The number of esters is 2. The third-order valence-corrected chi connectivity index (χ3v) is 24.9. The molecule has 3 aromatic carbocycles. The van der Waals surface area contributed by atoms with Gasteiger partial charge in [-0.1, -0.05) is 105 Å². The van der Waals surface area contributed by atoms with Gasteiger partial charge in [0, 0.05) is 71.5 Å². The average Bonchev–Trinajstić information content (AvgIpc) is 0.850. The van der Waals surface area contributed by atoms with Crippen molar-refractivity contribution in [3.63, 3.8) is 0 Å². The van der Waals surface area contributed by atoms with Gasteiger partial charge in [-0.3, -0.25) is 9.59 Å². The van der Waals surface area contributed by atoms with Crippen LogP contribution in [-0.4, -0.2) is 111 Å². The molecule has 14 nitrogen and oxygen atoms in total. The number of nitrogens with one attached hydrogen (secondary N) is 2. The molecule has 16 atom stereocenters. The predicted molar refractivity (Wildman–Crippen MR) is 345 cm³/mol. The normalized spacial score (nSPS) is 38.1. The molecule has 8 N–H and O–H groups in total. The van der Waals surface area contributed by atoms with E-state index in [1.54, 1.807) is 13.0 Å². The molecule has 16 unspecified atom stereocenters. The molecule has 3 aromatic rings. The van der Waals surface area contributed by atoms with E-state index in [4.69, 9.17) is 14.2 Å². The fraction of sp³-hybridized carbons (Fsp3) is 0.649. The van der Waals surface area contributed by atoms with Crippen LogP contribution in [0, 0.1) is 76.9 Å². The Kier molecular flexibility index (Phi) is 17.7. The van der Waals surface area contributed by atoms with E-state index in [2.05, 4.69) is 58.6 Å². The van der Waals surface area contributed by atoms with Crippen molar-refractivity contribution in [1.29, 1.82) is 0 Å². The highest BCUT2D eigenvalue weighted by molar-refractivity contribution is 5.89. The standard InChI is InChI=1S/C77H96N2O12/c1-75(87)43-79-56-34-51(33-52(35-56)71(84)50(41-78-2)21-18-44-19-25-57(26-20-44)89-42-65(75)82)47-22-23-48-40-67(83)91-73-60(48)36-53(72(85)68(73)46-13-5-3-6-14-46)39-66-77(88)62-17-8-7-16-58(62)59-27-24-49-37-63(80)61(69(59)70(49)77)31-45-12-11-15-55(30-45)76(28-9-4-10-29-76)64(81)38-54(32-47)74(86)90-66/h11-12,15,30,33-36,38,44,46-50,57-59,61-62,64-66,69-71,78-79,81-82,84-85,87-88H,3-10,13-14,16-17,19-20,24-29,31-32,37,39-43H2,1-2H3. The topological polar surface area (TPSA) is 224 Å². The Labute approximate surface area is 537 Å². The molecule has 7 saturated carbocycles. The molecule has 7 aliphatic carbocycles. The van der Waals surface area contributed by atoms with E-state index in [0.717, 1.165) is 127 Å². The second kappa shape index (κ2) is 25.6. The minimum atomic E-state index is -1.66. The van der Waals surface area contributed by atoms with Crippen molar-refractivity contribution < 1.29 is 59.2 Å². The molecule has 5 heterocycles. The number of carbonyl (C=O) groups is 3. The second-order valence-electron chi connectivity index (χ2n) is 30.3. The summed E-state index contributed by atoms with van der Waals surface area (Å²) in [7, 11) is 1.84. The molecule has 12 aliphatic rings. The van der Waals surface area contributed by atoms with E-state index < -0.39 is 76.6 Å². The molecule has 15 rings (SSSR count). The Morgan fingerprint density at radius 3 is 2.30 bits per heavy atom.